The predicted molar refractivity (Wildman–Crippen MR) is 62.5 cm³/mol. The molecule has 2 rings (SSSR count). The molecule has 1 aromatic rings. The summed E-state index contributed by atoms with van der Waals surface area (Å²) in [5, 5.41) is 0. The van der Waals surface area contributed by atoms with Gasteiger partial charge in [-0.1, -0.05) is 30.3 Å². The number of carbonyl (C=O) groups is 1. The molecule has 0 aliphatic carbocycles. The van der Waals surface area contributed by atoms with Crippen LogP contribution >= 0.6 is 0 Å². The van der Waals surface area contributed by atoms with Crippen LogP contribution in [0.3, 0.4) is 0 Å². The quantitative estimate of drug-likeness (QED) is 0.571. The van der Waals surface area contributed by atoms with Crippen LogP contribution in [0.4, 0.5) is 0 Å². The summed E-state index contributed by atoms with van der Waals surface area (Å²) in [6.07, 6.45) is 1.83. The van der Waals surface area contributed by atoms with Crippen molar-refractivity contribution in [3.63, 3.8) is 0 Å². The van der Waals surface area contributed by atoms with Crippen LogP contribution in [0.1, 0.15) is 12.5 Å². The van der Waals surface area contributed by atoms with Crippen LogP contribution < -0.4 is 0 Å². The molecule has 3 heteroatoms. The number of rotatable bonds is 3. The Balaban J connectivity index is 2.02. The van der Waals surface area contributed by atoms with Gasteiger partial charge in [0.1, 0.15) is 6.04 Å². The van der Waals surface area contributed by atoms with Crippen molar-refractivity contribution in [2.45, 2.75) is 13.0 Å². The number of hydrogen-bond acceptors (Lipinski definition) is 3. The van der Waals surface area contributed by atoms with Crippen molar-refractivity contribution in [3.05, 3.63) is 47.5 Å². The third-order valence-electron chi connectivity index (χ3n) is 2.48. The lowest BCUT2D eigenvalue weighted by Gasteiger charge is -1.97. The average Bonchev–Trinajstić information content (AvgIpc) is 3.08. The summed E-state index contributed by atoms with van der Waals surface area (Å²) in [5.41, 5.74) is 2.74. The molecule has 0 bridgehead atoms. The molecule has 0 N–H and O–H groups in total. The summed E-state index contributed by atoms with van der Waals surface area (Å²) < 4.78 is 4.62. The number of hydrogen-bond donors (Lipinski definition) is 0. The van der Waals surface area contributed by atoms with E-state index in [1.54, 1.807) is 6.92 Å². The zero-order valence-corrected chi connectivity index (χ0v) is 9.31. The molecule has 1 heterocycles. The van der Waals surface area contributed by atoms with Crippen molar-refractivity contribution in [3.8, 4) is 0 Å². The Kier molecular flexibility index (Phi) is 2.86. The summed E-state index contributed by atoms with van der Waals surface area (Å²) in [5.74, 6) is -0.297. The van der Waals surface area contributed by atoms with Crippen LogP contribution in [-0.4, -0.2) is 24.8 Å². The highest BCUT2D eigenvalue weighted by molar-refractivity contribution is 6.15. The van der Waals surface area contributed by atoms with E-state index in [4.69, 9.17) is 0 Å². The van der Waals surface area contributed by atoms with E-state index in [1.165, 1.54) is 7.11 Å². The molecule has 1 unspecified atom stereocenters. The van der Waals surface area contributed by atoms with E-state index >= 15 is 0 Å². The Labute approximate surface area is 94.5 Å². The van der Waals surface area contributed by atoms with Gasteiger partial charge in [0.2, 0.25) is 0 Å². The fourth-order valence-corrected chi connectivity index (χ4v) is 1.55. The summed E-state index contributed by atoms with van der Waals surface area (Å²) in [6.45, 7) is 1.74. The van der Waals surface area contributed by atoms with Crippen molar-refractivity contribution < 1.29 is 9.53 Å². The number of nitrogens with zero attached hydrogens (tertiary/aromatic N) is 1. The molecule has 3 nitrogen and oxygen atoms in total. The van der Waals surface area contributed by atoms with Gasteiger partial charge in [0.25, 0.3) is 0 Å². The summed E-state index contributed by atoms with van der Waals surface area (Å²) in [6, 6.07) is 9.99. The molecule has 16 heavy (non-hydrogen) atoms. The van der Waals surface area contributed by atoms with Crippen molar-refractivity contribution in [1.29, 1.82) is 0 Å². The minimum atomic E-state index is -0.297. The Morgan fingerprint density at radius 1 is 1.38 bits per heavy atom. The molecule has 0 radical (unpaired) electrons. The molecule has 0 aromatic heterocycles. The number of ether oxygens (including phenoxy) is 1. The normalized spacial score (nSPS) is 19.0. The van der Waals surface area contributed by atoms with E-state index in [2.05, 4.69) is 9.73 Å². The Morgan fingerprint density at radius 3 is 2.69 bits per heavy atom. The molecule has 1 aliphatic rings. The van der Waals surface area contributed by atoms with E-state index in [0.717, 1.165) is 11.3 Å². The number of benzene rings is 1. The van der Waals surface area contributed by atoms with Gasteiger partial charge in [-0.25, -0.2) is 4.79 Å². The highest BCUT2D eigenvalue weighted by atomic mass is 16.5. The van der Waals surface area contributed by atoms with Crippen LogP contribution in [0, 0.1) is 0 Å². The van der Waals surface area contributed by atoms with E-state index in [0.29, 0.717) is 5.57 Å². The van der Waals surface area contributed by atoms with Gasteiger partial charge >= 0.3 is 5.97 Å². The van der Waals surface area contributed by atoms with Crippen molar-refractivity contribution >= 4 is 11.7 Å². The number of aliphatic imine (C=N–C) groups is 1. The monoisotopic (exact) mass is 215 g/mol. The minimum Gasteiger partial charge on any atom is -0.466 e. The number of carbonyl (C=O) groups excluding carboxylic acids is 1. The standard InChI is InChI=1S/C13H13NO2/c1-9(13(15)16-2)8-11-12(14-11)10-6-4-3-5-7-10/h3-8,11H,1-2H3. The second-order valence-electron chi connectivity index (χ2n) is 3.67. The SMILES string of the molecule is COC(=O)C(C)=CC1N=C1c1ccccc1. The maximum atomic E-state index is 11.2. The molecule has 1 aromatic carbocycles. The first-order valence-electron chi connectivity index (χ1n) is 5.12. The lowest BCUT2D eigenvalue weighted by Crippen LogP contribution is -2.04. The maximum Gasteiger partial charge on any atom is 0.333 e. The van der Waals surface area contributed by atoms with Crippen molar-refractivity contribution in [1.82, 2.24) is 0 Å². The molecule has 0 amide bonds. The number of esters is 1. The molecule has 1 atom stereocenters. The summed E-state index contributed by atoms with van der Waals surface area (Å²) in [7, 11) is 1.38. The molecular formula is C13H13NO2. The Bertz CT molecular complexity index is 460. The van der Waals surface area contributed by atoms with Crippen LogP contribution in [0.5, 0.6) is 0 Å². The first-order chi connectivity index (χ1) is 7.72. The topological polar surface area (TPSA) is 38.7 Å². The van der Waals surface area contributed by atoms with Crippen molar-refractivity contribution in [2.75, 3.05) is 7.11 Å². The molecule has 0 fully saturated rings. The van der Waals surface area contributed by atoms with E-state index in [-0.39, 0.29) is 12.0 Å². The second kappa shape index (κ2) is 4.31. The largest absolute Gasteiger partial charge is 0.466 e. The van der Waals surface area contributed by atoms with Gasteiger partial charge in [-0.2, -0.15) is 0 Å². The smallest absolute Gasteiger partial charge is 0.333 e. The lowest BCUT2D eigenvalue weighted by molar-refractivity contribution is -0.136. The van der Waals surface area contributed by atoms with Crippen LogP contribution in [0.25, 0.3) is 0 Å². The zero-order chi connectivity index (χ0) is 11.5. The highest BCUT2D eigenvalue weighted by Crippen LogP contribution is 2.22. The third-order valence-corrected chi connectivity index (χ3v) is 2.48. The number of methoxy groups -OCH3 is 1. The van der Waals surface area contributed by atoms with Crippen LogP contribution in [-0.2, 0) is 9.53 Å². The minimum absolute atomic E-state index is 0.0431. The summed E-state index contributed by atoms with van der Waals surface area (Å²) in [4.78, 5) is 15.5. The molecule has 0 saturated heterocycles. The van der Waals surface area contributed by atoms with E-state index in [9.17, 15) is 4.79 Å². The van der Waals surface area contributed by atoms with Gasteiger partial charge in [-0.05, 0) is 18.6 Å². The zero-order valence-electron chi connectivity index (χ0n) is 9.31. The molecule has 1 aliphatic heterocycles. The van der Waals surface area contributed by atoms with Crippen molar-refractivity contribution in [2.24, 2.45) is 4.99 Å². The van der Waals surface area contributed by atoms with Gasteiger partial charge in [0.05, 0.1) is 12.8 Å². The second-order valence-corrected chi connectivity index (χ2v) is 3.67. The third kappa shape index (κ3) is 2.19. The van der Waals surface area contributed by atoms with Gasteiger partial charge in [-0.3, -0.25) is 4.99 Å². The molecular weight excluding hydrogens is 202 g/mol. The van der Waals surface area contributed by atoms with Gasteiger partial charge in [0, 0.05) is 5.57 Å². The first-order valence-corrected chi connectivity index (χ1v) is 5.12. The maximum absolute atomic E-state index is 11.2. The lowest BCUT2D eigenvalue weighted by atomic mass is 10.1. The fraction of sp³-hybridized carbons (Fsp3) is 0.231. The predicted octanol–water partition coefficient (Wildman–Crippen LogP) is 1.98. The van der Waals surface area contributed by atoms with Gasteiger partial charge < -0.3 is 4.74 Å². The Hall–Kier alpha value is -1.90. The van der Waals surface area contributed by atoms with Gasteiger partial charge in [0.15, 0.2) is 0 Å². The Morgan fingerprint density at radius 2 is 2.06 bits per heavy atom. The molecule has 82 valence electrons. The van der Waals surface area contributed by atoms with Crippen LogP contribution in [0.15, 0.2) is 47.0 Å². The van der Waals surface area contributed by atoms with Gasteiger partial charge in [-0.15, -0.1) is 0 Å². The van der Waals surface area contributed by atoms with Crippen LogP contribution in [0.2, 0.25) is 0 Å². The first kappa shape index (κ1) is 10.6. The highest BCUT2D eigenvalue weighted by Gasteiger charge is 2.27. The van der Waals surface area contributed by atoms with E-state index < -0.39 is 0 Å². The molecule has 0 saturated carbocycles. The molecule has 0 spiro atoms. The summed E-state index contributed by atoms with van der Waals surface area (Å²) >= 11 is 0. The average molecular weight is 215 g/mol. The van der Waals surface area contributed by atoms with E-state index in [1.807, 2.05) is 36.4 Å². The fourth-order valence-electron chi connectivity index (χ4n) is 1.55.